The summed E-state index contributed by atoms with van der Waals surface area (Å²) < 4.78 is 11.6. The molecule has 0 radical (unpaired) electrons. The maximum atomic E-state index is 6.04. The summed E-state index contributed by atoms with van der Waals surface area (Å²) in [6.45, 7) is 9.63. The van der Waals surface area contributed by atoms with Crippen LogP contribution in [0, 0.1) is 11.8 Å². The van der Waals surface area contributed by atoms with E-state index in [9.17, 15) is 0 Å². The van der Waals surface area contributed by atoms with E-state index in [2.05, 4.69) is 39.8 Å². The lowest BCUT2D eigenvalue weighted by Gasteiger charge is -2.41. The Hall–Kier alpha value is -0.600. The first kappa shape index (κ1) is 13.8. The van der Waals surface area contributed by atoms with Crippen molar-refractivity contribution in [1.82, 2.24) is 0 Å². The molecule has 0 bridgehead atoms. The molecule has 0 spiro atoms. The fourth-order valence-electron chi connectivity index (χ4n) is 2.93. The minimum Gasteiger partial charge on any atom is -0.376 e. The number of ether oxygens (including phenoxy) is 2. The van der Waals surface area contributed by atoms with Gasteiger partial charge in [0, 0.05) is 13.0 Å². The fraction of sp³-hybridized carbons (Fsp3) is 0.750. The summed E-state index contributed by atoms with van der Waals surface area (Å²) >= 11 is 0. The molecule has 0 aromatic heterocycles. The van der Waals surface area contributed by atoms with Gasteiger partial charge in [-0.05, 0) is 38.2 Å². The van der Waals surface area contributed by atoms with E-state index in [1.54, 1.807) is 12.7 Å². The van der Waals surface area contributed by atoms with E-state index in [4.69, 9.17) is 9.47 Å². The van der Waals surface area contributed by atoms with Crippen LogP contribution in [0.25, 0.3) is 0 Å². The number of rotatable bonds is 3. The maximum absolute atomic E-state index is 6.04. The molecule has 2 unspecified atom stereocenters. The molecule has 1 aliphatic carbocycles. The van der Waals surface area contributed by atoms with Crippen LogP contribution < -0.4 is 0 Å². The highest BCUT2D eigenvalue weighted by Crippen LogP contribution is 2.39. The van der Waals surface area contributed by atoms with Gasteiger partial charge in [0.2, 0.25) is 0 Å². The van der Waals surface area contributed by atoms with Gasteiger partial charge in [0.1, 0.15) is 0 Å². The van der Waals surface area contributed by atoms with Crippen molar-refractivity contribution in [3.8, 4) is 0 Å². The van der Waals surface area contributed by atoms with Crippen LogP contribution in [-0.4, -0.2) is 25.4 Å². The average molecular weight is 250 g/mol. The van der Waals surface area contributed by atoms with Crippen LogP contribution in [0.1, 0.15) is 40.5 Å². The van der Waals surface area contributed by atoms with Crippen molar-refractivity contribution in [3.05, 3.63) is 23.3 Å². The van der Waals surface area contributed by atoms with E-state index in [0.29, 0.717) is 11.8 Å². The topological polar surface area (TPSA) is 18.5 Å². The predicted molar refractivity (Wildman–Crippen MR) is 74.6 cm³/mol. The summed E-state index contributed by atoms with van der Waals surface area (Å²) in [6.07, 6.45) is 6.94. The standard InChI is InChI=1S/C16H26O2/c1-11(2)13-8-6-7-12-10-18-15(9-14(12)13)16(3,4)17-5/h6,8,11-12,15H,7,9-10H2,1-5H3. The van der Waals surface area contributed by atoms with Crippen LogP contribution in [0.4, 0.5) is 0 Å². The molecule has 0 saturated carbocycles. The molecule has 1 saturated heterocycles. The Bertz CT molecular complexity index is 363. The molecule has 1 fully saturated rings. The zero-order valence-electron chi connectivity index (χ0n) is 12.3. The summed E-state index contributed by atoms with van der Waals surface area (Å²) in [5.41, 5.74) is 2.92. The molecule has 2 heteroatoms. The summed E-state index contributed by atoms with van der Waals surface area (Å²) in [5, 5.41) is 0. The lowest BCUT2D eigenvalue weighted by Crippen LogP contribution is -2.45. The van der Waals surface area contributed by atoms with E-state index >= 15 is 0 Å². The zero-order chi connectivity index (χ0) is 13.3. The third-order valence-electron chi connectivity index (χ3n) is 4.41. The Morgan fingerprint density at radius 1 is 1.39 bits per heavy atom. The van der Waals surface area contributed by atoms with E-state index in [0.717, 1.165) is 19.4 Å². The molecule has 1 heterocycles. The van der Waals surface area contributed by atoms with Gasteiger partial charge in [-0.2, -0.15) is 0 Å². The summed E-state index contributed by atoms with van der Waals surface area (Å²) in [5.74, 6) is 1.19. The van der Waals surface area contributed by atoms with Crippen LogP contribution in [0.2, 0.25) is 0 Å². The first-order chi connectivity index (χ1) is 8.45. The third kappa shape index (κ3) is 2.55. The third-order valence-corrected chi connectivity index (χ3v) is 4.41. The second-order valence-corrected chi connectivity index (χ2v) is 6.30. The van der Waals surface area contributed by atoms with Crippen molar-refractivity contribution < 1.29 is 9.47 Å². The van der Waals surface area contributed by atoms with E-state index in [1.807, 2.05) is 0 Å². The Labute approximate surface area is 111 Å². The normalized spacial score (nSPS) is 28.8. The van der Waals surface area contributed by atoms with Crippen molar-refractivity contribution in [1.29, 1.82) is 0 Å². The molecule has 2 nitrogen and oxygen atoms in total. The van der Waals surface area contributed by atoms with Gasteiger partial charge in [0.25, 0.3) is 0 Å². The van der Waals surface area contributed by atoms with Gasteiger partial charge in [-0.3, -0.25) is 0 Å². The molecule has 2 rings (SSSR count). The Kier molecular flexibility index (Phi) is 3.98. The monoisotopic (exact) mass is 250 g/mol. The highest BCUT2D eigenvalue weighted by molar-refractivity contribution is 5.34. The van der Waals surface area contributed by atoms with Gasteiger partial charge >= 0.3 is 0 Å². The van der Waals surface area contributed by atoms with Crippen molar-refractivity contribution in [2.75, 3.05) is 13.7 Å². The number of hydrogen-bond donors (Lipinski definition) is 0. The molecule has 2 aliphatic rings. The van der Waals surface area contributed by atoms with Gasteiger partial charge in [0.05, 0.1) is 18.3 Å². The minimum atomic E-state index is -0.207. The molecule has 18 heavy (non-hydrogen) atoms. The van der Waals surface area contributed by atoms with Gasteiger partial charge in [0.15, 0.2) is 0 Å². The zero-order valence-corrected chi connectivity index (χ0v) is 12.3. The number of fused-ring (bicyclic) bond motifs is 1. The molecule has 2 atom stereocenters. The van der Waals surface area contributed by atoms with Crippen molar-refractivity contribution >= 4 is 0 Å². The first-order valence-corrected chi connectivity index (χ1v) is 7.02. The highest BCUT2D eigenvalue weighted by Gasteiger charge is 2.37. The lowest BCUT2D eigenvalue weighted by atomic mass is 9.77. The summed E-state index contributed by atoms with van der Waals surface area (Å²) in [7, 11) is 1.77. The SMILES string of the molecule is COC(C)(C)C1CC2=C(C(C)C)C=CCC2CO1. The van der Waals surface area contributed by atoms with E-state index in [1.165, 1.54) is 5.57 Å². The second kappa shape index (κ2) is 5.18. The number of methoxy groups -OCH3 is 1. The molecule has 0 amide bonds. The molecule has 0 N–H and O–H groups in total. The Balaban J connectivity index is 2.25. The largest absolute Gasteiger partial charge is 0.376 e. The molecular weight excluding hydrogens is 224 g/mol. The minimum absolute atomic E-state index is 0.175. The quantitative estimate of drug-likeness (QED) is 0.760. The van der Waals surface area contributed by atoms with Gasteiger partial charge in [-0.15, -0.1) is 0 Å². The van der Waals surface area contributed by atoms with E-state index in [-0.39, 0.29) is 11.7 Å². The predicted octanol–water partition coefficient (Wildman–Crippen LogP) is 3.73. The molecule has 1 aliphatic heterocycles. The lowest BCUT2D eigenvalue weighted by molar-refractivity contribution is -0.126. The Morgan fingerprint density at radius 3 is 2.72 bits per heavy atom. The van der Waals surface area contributed by atoms with Gasteiger partial charge in [-0.1, -0.05) is 31.6 Å². The second-order valence-electron chi connectivity index (χ2n) is 6.30. The average Bonchev–Trinajstić information content (AvgIpc) is 2.37. The van der Waals surface area contributed by atoms with Crippen LogP contribution in [0.15, 0.2) is 23.3 Å². The van der Waals surface area contributed by atoms with Crippen LogP contribution in [0.5, 0.6) is 0 Å². The van der Waals surface area contributed by atoms with Gasteiger partial charge in [-0.25, -0.2) is 0 Å². The Morgan fingerprint density at radius 2 is 2.11 bits per heavy atom. The smallest absolute Gasteiger partial charge is 0.0896 e. The van der Waals surface area contributed by atoms with Crippen molar-refractivity contribution in [3.63, 3.8) is 0 Å². The molecule has 102 valence electrons. The highest BCUT2D eigenvalue weighted by atomic mass is 16.5. The van der Waals surface area contributed by atoms with E-state index < -0.39 is 0 Å². The maximum Gasteiger partial charge on any atom is 0.0896 e. The van der Waals surface area contributed by atoms with Crippen molar-refractivity contribution in [2.24, 2.45) is 11.8 Å². The molecular formula is C16H26O2. The molecule has 0 aromatic rings. The summed E-state index contributed by atoms with van der Waals surface area (Å²) in [6, 6.07) is 0. The van der Waals surface area contributed by atoms with Gasteiger partial charge < -0.3 is 9.47 Å². The van der Waals surface area contributed by atoms with Crippen LogP contribution >= 0.6 is 0 Å². The number of hydrogen-bond acceptors (Lipinski definition) is 2. The van der Waals surface area contributed by atoms with Crippen LogP contribution in [-0.2, 0) is 9.47 Å². The van der Waals surface area contributed by atoms with Crippen LogP contribution in [0.3, 0.4) is 0 Å². The first-order valence-electron chi connectivity index (χ1n) is 7.02. The van der Waals surface area contributed by atoms with Crippen molar-refractivity contribution in [2.45, 2.75) is 52.2 Å². The fourth-order valence-corrected chi connectivity index (χ4v) is 2.93. The number of allylic oxidation sites excluding steroid dienone is 3. The summed E-state index contributed by atoms with van der Waals surface area (Å²) in [4.78, 5) is 0. The molecule has 0 aromatic carbocycles.